The maximum Gasteiger partial charge on any atom is 0.0625 e. The number of hydrogen-bond donors (Lipinski definition) is 0. The van der Waals surface area contributed by atoms with Gasteiger partial charge in [-0.25, -0.2) is 0 Å². The molecule has 0 N–H and O–H groups in total. The summed E-state index contributed by atoms with van der Waals surface area (Å²) in [6.45, 7) is 0. The fourth-order valence-corrected chi connectivity index (χ4v) is 7.90. The summed E-state index contributed by atoms with van der Waals surface area (Å²) in [4.78, 5) is 2.37. The first kappa shape index (κ1) is 30.0. The Bertz CT molecular complexity index is 2870. The molecule has 244 valence electrons. The van der Waals surface area contributed by atoms with Gasteiger partial charge in [0.25, 0.3) is 0 Å². The highest BCUT2D eigenvalue weighted by atomic mass is 15.1. The molecule has 0 aliphatic rings. The minimum absolute atomic E-state index is 1.11. The summed E-state index contributed by atoms with van der Waals surface area (Å²) in [6.07, 6.45) is 0. The maximum absolute atomic E-state index is 2.46. The van der Waals surface area contributed by atoms with Gasteiger partial charge in [0.15, 0.2) is 0 Å². The van der Waals surface area contributed by atoms with Gasteiger partial charge in [0.2, 0.25) is 0 Å². The molecule has 10 rings (SSSR count). The van der Waals surface area contributed by atoms with E-state index in [1.165, 1.54) is 65.6 Å². The highest BCUT2D eigenvalue weighted by molar-refractivity contribution is 6.24. The van der Waals surface area contributed by atoms with Crippen molar-refractivity contribution in [1.82, 2.24) is 4.57 Å². The van der Waals surface area contributed by atoms with Crippen LogP contribution in [0, 0.1) is 0 Å². The van der Waals surface area contributed by atoms with Crippen molar-refractivity contribution >= 4 is 60.4 Å². The minimum atomic E-state index is 1.11. The molecule has 0 unspecified atom stereocenters. The number of aromatic nitrogens is 1. The van der Waals surface area contributed by atoms with Gasteiger partial charge in [-0.2, -0.15) is 0 Å². The number of benzene rings is 9. The van der Waals surface area contributed by atoms with Crippen molar-refractivity contribution in [3.8, 4) is 27.9 Å². The van der Waals surface area contributed by atoms with E-state index in [0.717, 1.165) is 22.7 Å². The van der Waals surface area contributed by atoms with Crippen LogP contribution in [0.5, 0.6) is 0 Å². The summed E-state index contributed by atoms with van der Waals surface area (Å²) in [5.41, 5.74) is 11.7. The summed E-state index contributed by atoms with van der Waals surface area (Å²) < 4.78 is 2.46. The van der Waals surface area contributed by atoms with E-state index in [2.05, 4.69) is 216 Å². The molecule has 0 bridgehead atoms. The third-order valence-corrected chi connectivity index (χ3v) is 10.3. The molecule has 0 aliphatic heterocycles. The monoisotopic (exact) mass is 662 g/mol. The van der Waals surface area contributed by atoms with Crippen molar-refractivity contribution < 1.29 is 0 Å². The van der Waals surface area contributed by atoms with E-state index in [1.54, 1.807) is 0 Å². The summed E-state index contributed by atoms with van der Waals surface area (Å²) in [6, 6.07) is 74.7. The molecule has 0 fully saturated rings. The normalized spacial score (nSPS) is 11.5. The van der Waals surface area contributed by atoms with Gasteiger partial charge in [-0.05, 0) is 105 Å². The summed E-state index contributed by atoms with van der Waals surface area (Å²) >= 11 is 0. The molecule has 1 heterocycles. The minimum Gasteiger partial charge on any atom is -0.310 e. The van der Waals surface area contributed by atoms with Crippen LogP contribution in [0.15, 0.2) is 206 Å². The zero-order chi connectivity index (χ0) is 34.4. The van der Waals surface area contributed by atoms with Crippen LogP contribution < -0.4 is 4.90 Å². The maximum atomic E-state index is 2.46. The van der Waals surface area contributed by atoms with Crippen LogP contribution in [-0.4, -0.2) is 4.57 Å². The van der Waals surface area contributed by atoms with Crippen LogP contribution in [0.2, 0.25) is 0 Å². The number of hydrogen-bond acceptors (Lipinski definition) is 1. The Labute approximate surface area is 303 Å². The van der Waals surface area contributed by atoms with Crippen LogP contribution in [0.3, 0.4) is 0 Å². The Morgan fingerprint density at radius 1 is 0.346 bits per heavy atom. The Kier molecular flexibility index (Phi) is 7.18. The number of para-hydroxylation sites is 2. The molecule has 0 amide bonds. The molecule has 0 radical (unpaired) electrons. The molecule has 9 aromatic carbocycles. The van der Waals surface area contributed by atoms with Gasteiger partial charge in [-0.3, -0.25) is 0 Å². The topological polar surface area (TPSA) is 8.17 Å². The molecule has 0 aliphatic carbocycles. The van der Waals surface area contributed by atoms with Crippen molar-refractivity contribution in [2.24, 2.45) is 0 Å². The van der Waals surface area contributed by atoms with Gasteiger partial charge >= 0.3 is 0 Å². The molecule has 0 saturated carbocycles. The second-order valence-corrected chi connectivity index (χ2v) is 13.4. The highest BCUT2D eigenvalue weighted by Gasteiger charge is 2.22. The van der Waals surface area contributed by atoms with Gasteiger partial charge < -0.3 is 9.47 Å². The van der Waals surface area contributed by atoms with Gasteiger partial charge in [0, 0.05) is 38.9 Å². The summed E-state index contributed by atoms with van der Waals surface area (Å²) in [7, 11) is 0. The lowest BCUT2D eigenvalue weighted by atomic mass is 9.93. The molecule has 2 nitrogen and oxygen atoms in total. The number of nitrogens with zero attached hydrogens (tertiary/aromatic N) is 2. The predicted octanol–water partition coefficient (Wildman–Crippen LogP) is 13.9. The van der Waals surface area contributed by atoms with Gasteiger partial charge in [-0.1, -0.05) is 140 Å². The van der Waals surface area contributed by atoms with E-state index in [0.29, 0.717) is 0 Å². The van der Waals surface area contributed by atoms with Crippen LogP contribution in [-0.2, 0) is 0 Å². The molecule has 0 saturated heterocycles. The smallest absolute Gasteiger partial charge is 0.0625 e. The first-order valence-electron chi connectivity index (χ1n) is 17.9. The van der Waals surface area contributed by atoms with E-state index in [-0.39, 0.29) is 0 Å². The quantitative estimate of drug-likeness (QED) is 0.172. The molecule has 1 aromatic heterocycles. The molecule has 0 spiro atoms. The van der Waals surface area contributed by atoms with E-state index in [1.807, 2.05) is 0 Å². The van der Waals surface area contributed by atoms with Gasteiger partial charge in [-0.15, -0.1) is 0 Å². The van der Waals surface area contributed by atoms with Crippen LogP contribution in [0.25, 0.3) is 71.3 Å². The number of rotatable bonds is 6. The zero-order valence-corrected chi connectivity index (χ0v) is 28.5. The van der Waals surface area contributed by atoms with Crippen molar-refractivity contribution in [1.29, 1.82) is 0 Å². The van der Waals surface area contributed by atoms with E-state index < -0.39 is 0 Å². The predicted molar refractivity (Wildman–Crippen MR) is 221 cm³/mol. The second kappa shape index (κ2) is 12.5. The van der Waals surface area contributed by atoms with Crippen LogP contribution in [0.1, 0.15) is 0 Å². The van der Waals surface area contributed by atoms with Crippen molar-refractivity contribution in [3.05, 3.63) is 206 Å². The number of fused-ring (bicyclic) bond motifs is 6. The Morgan fingerprint density at radius 3 is 1.69 bits per heavy atom. The lowest BCUT2D eigenvalue weighted by Gasteiger charge is -2.26. The fourth-order valence-electron chi connectivity index (χ4n) is 7.90. The van der Waals surface area contributed by atoms with Crippen molar-refractivity contribution in [2.45, 2.75) is 0 Å². The van der Waals surface area contributed by atoms with E-state index >= 15 is 0 Å². The molecule has 10 aromatic rings. The third kappa shape index (κ3) is 5.04. The lowest BCUT2D eigenvalue weighted by molar-refractivity contribution is 1.18. The highest BCUT2D eigenvalue weighted by Crippen LogP contribution is 2.45. The molecular weight excluding hydrogens is 629 g/mol. The zero-order valence-electron chi connectivity index (χ0n) is 28.5. The SMILES string of the molecule is c1ccc(-c2ccc(N(c3ccccc3)c3ccc4c(c3)c3c(-c5ccc6ccccc6c5)cc5ccccc5c3n4-c3ccccc3)cc2)cc1. The van der Waals surface area contributed by atoms with Gasteiger partial charge in [0.05, 0.1) is 11.0 Å². The van der Waals surface area contributed by atoms with Gasteiger partial charge in [0.1, 0.15) is 0 Å². The van der Waals surface area contributed by atoms with Crippen molar-refractivity contribution in [3.63, 3.8) is 0 Å². The standard InChI is InChI=1S/C50H34N2/c1-4-14-35(15-5-1)37-26-28-43(29-27-37)51(41-19-6-2-7-20-41)44-30-31-48-47(34-44)49-46(40-25-24-36-16-10-11-17-38(36)32-40)33-39-18-12-13-23-45(39)50(49)52(48)42-21-8-3-9-22-42/h1-34H. The molecule has 2 heteroatoms. The average Bonchev–Trinajstić information content (AvgIpc) is 3.57. The second-order valence-electron chi connectivity index (χ2n) is 13.4. The largest absolute Gasteiger partial charge is 0.310 e. The van der Waals surface area contributed by atoms with E-state index in [4.69, 9.17) is 0 Å². The van der Waals surface area contributed by atoms with Crippen LogP contribution in [0.4, 0.5) is 17.1 Å². The summed E-state index contributed by atoms with van der Waals surface area (Å²) in [5.74, 6) is 0. The van der Waals surface area contributed by atoms with Crippen molar-refractivity contribution in [2.75, 3.05) is 4.90 Å². The average molecular weight is 663 g/mol. The molecule has 0 atom stereocenters. The first-order chi connectivity index (χ1) is 25.8. The molecule has 52 heavy (non-hydrogen) atoms. The van der Waals surface area contributed by atoms with Crippen LogP contribution >= 0.6 is 0 Å². The molecular formula is C50H34N2. The fraction of sp³-hybridized carbons (Fsp3) is 0. The Hall–Kier alpha value is -6.90. The van der Waals surface area contributed by atoms with E-state index in [9.17, 15) is 0 Å². The Morgan fingerprint density at radius 2 is 0.923 bits per heavy atom. The third-order valence-electron chi connectivity index (χ3n) is 10.3. The first-order valence-corrected chi connectivity index (χ1v) is 17.9. The number of anilines is 3. The summed E-state index contributed by atoms with van der Waals surface area (Å²) in [5, 5.41) is 7.41. The Balaban J connectivity index is 1.27. The lowest BCUT2D eigenvalue weighted by Crippen LogP contribution is -2.09.